The summed E-state index contributed by atoms with van der Waals surface area (Å²) in [5.74, 6) is 2.56. The van der Waals surface area contributed by atoms with E-state index in [0.717, 1.165) is 44.2 Å². The number of ether oxygens (including phenoxy) is 4. The number of nitrogens with one attached hydrogen (secondary N) is 2. The van der Waals surface area contributed by atoms with Crippen molar-refractivity contribution in [2.45, 2.75) is 6.54 Å². The fourth-order valence-corrected chi connectivity index (χ4v) is 3.45. The van der Waals surface area contributed by atoms with Gasteiger partial charge in [-0.2, -0.15) is 0 Å². The van der Waals surface area contributed by atoms with Crippen molar-refractivity contribution in [3.05, 3.63) is 17.7 Å². The maximum absolute atomic E-state index is 11.9. The number of carbonyl (C=O) groups is 1. The van der Waals surface area contributed by atoms with Gasteiger partial charge in [0.2, 0.25) is 11.7 Å². The minimum atomic E-state index is -0.0840. The van der Waals surface area contributed by atoms with Crippen LogP contribution >= 0.6 is 24.0 Å². The summed E-state index contributed by atoms with van der Waals surface area (Å²) in [5.41, 5.74) is 1.10. The minimum absolute atomic E-state index is 0. The van der Waals surface area contributed by atoms with E-state index < -0.39 is 0 Å². The maximum Gasteiger partial charge on any atom is 0.239 e. The van der Waals surface area contributed by atoms with Gasteiger partial charge >= 0.3 is 0 Å². The van der Waals surface area contributed by atoms with Crippen molar-refractivity contribution in [3.63, 3.8) is 0 Å². The average Bonchev–Trinajstić information content (AvgIpc) is 2.79. The van der Waals surface area contributed by atoms with Crippen LogP contribution in [0, 0.1) is 0 Å². The Labute approximate surface area is 207 Å². The molecule has 0 aliphatic carbocycles. The van der Waals surface area contributed by atoms with E-state index in [4.69, 9.17) is 18.9 Å². The van der Waals surface area contributed by atoms with Crippen molar-refractivity contribution >= 4 is 35.8 Å². The Bertz CT molecular complexity index is 716. The smallest absolute Gasteiger partial charge is 0.239 e. The molecule has 1 aliphatic rings. The van der Waals surface area contributed by atoms with Crippen LogP contribution < -0.4 is 24.8 Å². The van der Waals surface area contributed by atoms with E-state index >= 15 is 0 Å². The van der Waals surface area contributed by atoms with Gasteiger partial charge < -0.3 is 34.5 Å². The number of guanidine groups is 1. The fraction of sp³-hybridized carbons (Fsp3) is 0.619. The number of hydrogen-bond acceptors (Lipinski definition) is 7. The Kier molecular flexibility index (Phi) is 13.1. The molecule has 1 aromatic rings. The molecular weight excluding hydrogens is 529 g/mol. The van der Waals surface area contributed by atoms with Gasteiger partial charge in [-0.3, -0.25) is 14.7 Å². The van der Waals surface area contributed by atoms with Gasteiger partial charge in [-0.05, 0) is 17.7 Å². The number of piperazine rings is 1. The van der Waals surface area contributed by atoms with E-state index in [1.54, 1.807) is 35.5 Å². The summed E-state index contributed by atoms with van der Waals surface area (Å²) in [5, 5.41) is 5.92. The van der Waals surface area contributed by atoms with Crippen LogP contribution in [0.25, 0.3) is 0 Å². The molecule has 0 aromatic heterocycles. The molecule has 1 aromatic carbocycles. The molecule has 1 amide bonds. The van der Waals surface area contributed by atoms with Crippen LogP contribution in [0.1, 0.15) is 5.56 Å². The second kappa shape index (κ2) is 15.0. The van der Waals surface area contributed by atoms with E-state index in [1.807, 2.05) is 12.1 Å². The standard InChI is InChI=1S/C21H35N5O5.HI/c1-22-21(24-14-19(27)23-6-11-28-2)26-9-7-25(8-10-26)15-16-12-17(29-3)20(31-5)18(13-16)30-4;/h12-13H,6-11,14-15H2,1-5H3,(H,22,24)(H,23,27);1H. The number of aliphatic imine (C=N–C) groups is 1. The molecule has 0 atom stereocenters. The molecule has 32 heavy (non-hydrogen) atoms. The highest BCUT2D eigenvalue weighted by Crippen LogP contribution is 2.38. The van der Waals surface area contributed by atoms with Crippen LogP contribution in [0.5, 0.6) is 17.2 Å². The summed E-state index contributed by atoms with van der Waals surface area (Å²) in [7, 11) is 8.18. The largest absolute Gasteiger partial charge is 0.493 e. The van der Waals surface area contributed by atoms with Gasteiger partial charge in [0.1, 0.15) is 0 Å². The molecule has 2 N–H and O–H groups in total. The summed E-state index contributed by atoms with van der Waals surface area (Å²) in [6.45, 7) is 5.32. The fourth-order valence-electron chi connectivity index (χ4n) is 3.45. The van der Waals surface area contributed by atoms with E-state index in [2.05, 4.69) is 25.4 Å². The molecule has 10 nitrogen and oxygen atoms in total. The average molecular weight is 565 g/mol. The zero-order valence-electron chi connectivity index (χ0n) is 19.6. The molecule has 0 spiro atoms. The quantitative estimate of drug-likeness (QED) is 0.186. The predicted octanol–water partition coefficient (Wildman–Crippen LogP) is 0.786. The Balaban J connectivity index is 0.00000512. The number of amides is 1. The molecule has 1 aliphatic heterocycles. The lowest BCUT2D eigenvalue weighted by molar-refractivity contribution is -0.120. The van der Waals surface area contributed by atoms with Crippen molar-refractivity contribution in [1.82, 2.24) is 20.4 Å². The first-order chi connectivity index (χ1) is 15.1. The van der Waals surface area contributed by atoms with Gasteiger partial charge in [0, 0.05) is 53.4 Å². The number of halogens is 1. The van der Waals surface area contributed by atoms with E-state index in [9.17, 15) is 4.79 Å². The Morgan fingerprint density at radius 2 is 1.62 bits per heavy atom. The second-order valence-corrected chi connectivity index (χ2v) is 7.04. The summed E-state index contributed by atoms with van der Waals surface area (Å²) < 4.78 is 21.2. The Hall–Kier alpha value is -1.99. The van der Waals surface area contributed by atoms with Crippen LogP contribution in [0.15, 0.2) is 17.1 Å². The van der Waals surface area contributed by atoms with Gasteiger partial charge in [0.05, 0.1) is 34.5 Å². The topological polar surface area (TPSA) is 96.9 Å². The number of hydrogen-bond donors (Lipinski definition) is 2. The SMILES string of the molecule is CN=C(NCC(=O)NCCOC)N1CCN(Cc2cc(OC)c(OC)c(OC)c2)CC1.I. The van der Waals surface area contributed by atoms with Crippen molar-refractivity contribution in [3.8, 4) is 17.2 Å². The molecule has 2 rings (SSSR count). The number of carbonyl (C=O) groups excluding carboxylic acids is 1. The third-order valence-corrected chi connectivity index (χ3v) is 5.05. The normalized spacial score (nSPS) is 14.4. The number of benzene rings is 1. The van der Waals surface area contributed by atoms with Crippen molar-refractivity contribution in [2.75, 3.05) is 81.4 Å². The first kappa shape index (κ1) is 28.0. The monoisotopic (exact) mass is 565 g/mol. The molecule has 0 radical (unpaired) electrons. The Morgan fingerprint density at radius 1 is 1.00 bits per heavy atom. The van der Waals surface area contributed by atoms with Gasteiger partial charge in [0.25, 0.3) is 0 Å². The minimum Gasteiger partial charge on any atom is -0.493 e. The molecule has 182 valence electrons. The number of rotatable bonds is 10. The molecule has 1 saturated heterocycles. The van der Waals surface area contributed by atoms with Crippen LogP contribution in [-0.4, -0.2) is 103 Å². The second-order valence-electron chi connectivity index (χ2n) is 7.04. The molecule has 1 heterocycles. The highest BCUT2D eigenvalue weighted by molar-refractivity contribution is 14.0. The molecule has 0 bridgehead atoms. The highest BCUT2D eigenvalue weighted by atomic mass is 127. The van der Waals surface area contributed by atoms with Crippen molar-refractivity contribution in [1.29, 1.82) is 0 Å². The molecule has 0 saturated carbocycles. The van der Waals surface area contributed by atoms with Crippen LogP contribution in [0.3, 0.4) is 0 Å². The van der Waals surface area contributed by atoms with E-state index in [1.165, 1.54) is 0 Å². The molecular formula is C21H36IN5O5. The first-order valence-electron chi connectivity index (χ1n) is 10.3. The maximum atomic E-state index is 11.9. The lowest BCUT2D eigenvalue weighted by Crippen LogP contribution is -2.53. The first-order valence-corrected chi connectivity index (χ1v) is 10.3. The summed E-state index contributed by atoms with van der Waals surface area (Å²) in [4.78, 5) is 20.7. The highest BCUT2D eigenvalue weighted by Gasteiger charge is 2.21. The van der Waals surface area contributed by atoms with Gasteiger partial charge in [-0.15, -0.1) is 24.0 Å². The third kappa shape index (κ3) is 8.17. The van der Waals surface area contributed by atoms with Crippen molar-refractivity contribution < 1.29 is 23.7 Å². The molecule has 1 fully saturated rings. The summed E-state index contributed by atoms with van der Waals surface area (Å²) >= 11 is 0. The van der Waals surface area contributed by atoms with Crippen LogP contribution in [-0.2, 0) is 16.1 Å². The lowest BCUT2D eigenvalue weighted by Gasteiger charge is -2.36. The van der Waals surface area contributed by atoms with Gasteiger partial charge in [0.15, 0.2) is 17.5 Å². The lowest BCUT2D eigenvalue weighted by atomic mass is 10.1. The zero-order valence-corrected chi connectivity index (χ0v) is 21.9. The van der Waals surface area contributed by atoms with E-state index in [0.29, 0.717) is 30.4 Å². The van der Waals surface area contributed by atoms with Crippen LogP contribution in [0.2, 0.25) is 0 Å². The molecule has 11 heteroatoms. The summed E-state index contributed by atoms with van der Waals surface area (Å²) in [6.07, 6.45) is 0. The summed E-state index contributed by atoms with van der Waals surface area (Å²) in [6, 6.07) is 3.97. The predicted molar refractivity (Wildman–Crippen MR) is 135 cm³/mol. The van der Waals surface area contributed by atoms with E-state index in [-0.39, 0.29) is 36.4 Å². The van der Waals surface area contributed by atoms with Crippen molar-refractivity contribution in [2.24, 2.45) is 4.99 Å². The zero-order chi connectivity index (χ0) is 22.6. The van der Waals surface area contributed by atoms with Gasteiger partial charge in [-0.1, -0.05) is 0 Å². The molecule has 0 unspecified atom stereocenters. The van der Waals surface area contributed by atoms with Crippen LogP contribution in [0.4, 0.5) is 0 Å². The Morgan fingerprint density at radius 3 is 2.12 bits per heavy atom. The number of methoxy groups -OCH3 is 4. The number of nitrogens with zero attached hydrogens (tertiary/aromatic N) is 3. The van der Waals surface area contributed by atoms with Gasteiger partial charge in [-0.25, -0.2) is 0 Å². The third-order valence-electron chi connectivity index (χ3n) is 5.05.